The van der Waals surface area contributed by atoms with Crippen molar-refractivity contribution in [3.8, 4) is 12.1 Å². The number of rotatable bonds is 0. The molecule has 0 saturated carbocycles. The lowest BCUT2D eigenvalue weighted by molar-refractivity contribution is -0.116. The molecule has 0 fully saturated rings. The van der Waals surface area contributed by atoms with Crippen molar-refractivity contribution in [3.05, 3.63) is 23.0 Å². The molecule has 0 aliphatic heterocycles. The summed E-state index contributed by atoms with van der Waals surface area (Å²) in [4.78, 5) is 21.7. The van der Waals surface area contributed by atoms with Gasteiger partial charge in [-0.3, -0.25) is 9.59 Å². The Hall–Kier alpha value is -2.27. The van der Waals surface area contributed by atoms with E-state index in [1.54, 1.807) is 0 Å². The Morgan fingerprint density at radius 1 is 1.15 bits per heavy atom. The number of carbonyl (C=O) groups excluding carboxylic acids is 2. The minimum absolute atomic E-state index is 0.404. The smallest absolute Gasteiger partial charge is 0.233 e. The lowest BCUT2D eigenvalue weighted by Crippen LogP contribution is -2.15. The van der Waals surface area contributed by atoms with Crippen LogP contribution in [-0.4, -0.2) is 11.6 Å². The summed E-state index contributed by atoms with van der Waals surface area (Å²) in [6.45, 7) is 0. The second-order valence-corrected chi connectivity index (χ2v) is 2.16. The maximum atomic E-state index is 12.6. The molecule has 0 radical (unpaired) electrons. The Morgan fingerprint density at radius 2 is 1.69 bits per heavy atom. The van der Waals surface area contributed by atoms with Gasteiger partial charge in [-0.15, -0.1) is 0 Å². The molecule has 0 aromatic rings. The predicted octanol–water partition coefficient (Wildman–Crippen LogP) is 0.335. The quantitative estimate of drug-likeness (QED) is 0.498. The van der Waals surface area contributed by atoms with Crippen LogP contribution in [0.5, 0.6) is 0 Å². The molecule has 0 aromatic heterocycles. The predicted molar refractivity (Wildman–Crippen MR) is 37.5 cm³/mol. The summed E-state index contributed by atoms with van der Waals surface area (Å²) in [5, 5.41) is 16.8. The monoisotopic (exact) mass is 176 g/mol. The number of hydrogen-bond acceptors (Lipinski definition) is 4. The van der Waals surface area contributed by atoms with E-state index in [9.17, 15) is 14.0 Å². The third kappa shape index (κ3) is 1.23. The van der Waals surface area contributed by atoms with Crippen LogP contribution in [0.4, 0.5) is 4.39 Å². The van der Waals surface area contributed by atoms with E-state index in [-0.39, 0.29) is 0 Å². The molecule has 5 heteroatoms. The van der Waals surface area contributed by atoms with E-state index < -0.39 is 28.5 Å². The Bertz CT molecular complexity index is 446. The Morgan fingerprint density at radius 3 is 2.15 bits per heavy atom. The van der Waals surface area contributed by atoms with Gasteiger partial charge in [-0.25, -0.2) is 4.39 Å². The molecular weight excluding hydrogens is 175 g/mol. The molecule has 0 aromatic carbocycles. The van der Waals surface area contributed by atoms with Crippen molar-refractivity contribution in [2.24, 2.45) is 0 Å². The first-order valence-corrected chi connectivity index (χ1v) is 3.12. The number of ketones is 2. The van der Waals surface area contributed by atoms with E-state index in [0.717, 1.165) is 0 Å². The van der Waals surface area contributed by atoms with Crippen molar-refractivity contribution < 1.29 is 14.0 Å². The first-order chi connectivity index (χ1) is 6.11. The van der Waals surface area contributed by atoms with Crippen molar-refractivity contribution in [2.45, 2.75) is 0 Å². The Labute approximate surface area is 72.2 Å². The van der Waals surface area contributed by atoms with Gasteiger partial charge < -0.3 is 0 Å². The van der Waals surface area contributed by atoms with Gasteiger partial charge in [-0.05, 0) is 0 Å². The van der Waals surface area contributed by atoms with Gasteiger partial charge in [0.15, 0.2) is 5.83 Å². The number of halogens is 1. The second-order valence-electron chi connectivity index (χ2n) is 2.16. The van der Waals surface area contributed by atoms with Crippen molar-refractivity contribution in [1.29, 1.82) is 10.5 Å². The molecular formula is C8HFN2O2. The minimum Gasteiger partial charge on any atom is -0.288 e. The third-order valence-corrected chi connectivity index (χ3v) is 1.42. The average Bonchev–Trinajstić information content (AvgIpc) is 2.10. The molecule has 0 saturated heterocycles. The van der Waals surface area contributed by atoms with Crippen LogP contribution in [0.2, 0.25) is 0 Å². The number of hydrogen-bond donors (Lipinski definition) is 0. The van der Waals surface area contributed by atoms with Gasteiger partial charge in [0.25, 0.3) is 0 Å². The molecule has 0 unspecified atom stereocenters. The SMILES string of the molecule is N#CC1=C(C#N)C(=O)C(F)=CC1=O. The molecule has 1 rings (SSSR count). The van der Waals surface area contributed by atoms with Gasteiger partial charge in [0.1, 0.15) is 23.3 Å². The zero-order valence-electron chi connectivity index (χ0n) is 6.17. The lowest BCUT2D eigenvalue weighted by atomic mass is 9.96. The average molecular weight is 176 g/mol. The van der Waals surface area contributed by atoms with Crippen molar-refractivity contribution >= 4 is 11.6 Å². The molecule has 4 nitrogen and oxygen atoms in total. The topological polar surface area (TPSA) is 81.7 Å². The summed E-state index contributed by atoms with van der Waals surface area (Å²) < 4.78 is 12.6. The van der Waals surface area contributed by atoms with Crippen LogP contribution in [0.25, 0.3) is 0 Å². The molecule has 0 bridgehead atoms. The first-order valence-electron chi connectivity index (χ1n) is 3.12. The largest absolute Gasteiger partial charge is 0.288 e. The fourth-order valence-electron chi connectivity index (χ4n) is 0.827. The fourth-order valence-corrected chi connectivity index (χ4v) is 0.827. The molecule has 0 amide bonds. The summed E-state index contributed by atoms with van der Waals surface area (Å²) in [7, 11) is 0. The van der Waals surface area contributed by atoms with Gasteiger partial charge in [0, 0.05) is 6.08 Å². The third-order valence-electron chi connectivity index (χ3n) is 1.42. The lowest BCUT2D eigenvalue weighted by Gasteiger charge is -2.03. The van der Waals surface area contributed by atoms with E-state index in [4.69, 9.17) is 10.5 Å². The van der Waals surface area contributed by atoms with Crippen LogP contribution in [-0.2, 0) is 9.59 Å². The molecule has 1 aliphatic rings. The fraction of sp³-hybridized carbons (Fsp3) is 0. The Kier molecular flexibility index (Phi) is 2.03. The van der Waals surface area contributed by atoms with Crippen molar-refractivity contribution in [1.82, 2.24) is 0 Å². The molecule has 13 heavy (non-hydrogen) atoms. The summed E-state index contributed by atoms with van der Waals surface area (Å²) in [5.41, 5.74) is -1.33. The molecule has 1 aliphatic carbocycles. The highest BCUT2D eigenvalue weighted by atomic mass is 19.1. The molecule has 62 valence electrons. The van der Waals surface area contributed by atoms with Crippen molar-refractivity contribution in [2.75, 3.05) is 0 Å². The zero-order valence-corrected chi connectivity index (χ0v) is 6.17. The van der Waals surface area contributed by atoms with Gasteiger partial charge in [-0.1, -0.05) is 0 Å². The maximum absolute atomic E-state index is 12.6. The van der Waals surface area contributed by atoms with E-state index >= 15 is 0 Å². The van der Waals surface area contributed by atoms with Crippen LogP contribution in [0.15, 0.2) is 23.0 Å². The summed E-state index contributed by atoms with van der Waals surface area (Å²) in [5.74, 6) is -3.46. The summed E-state index contributed by atoms with van der Waals surface area (Å²) >= 11 is 0. The number of Topliss-reactive ketones (excluding diaryl/α,β-unsaturated/α-hetero) is 1. The zero-order chi connectivity index (χ0) is 10.0. The van der Waals surface area contributed by atoms with Gasteiger partial charge in [-0.2, -0.15) is 10.5 Å². The molecule has 0 spiro atoms. The van der Waals surface area contributed by atoms with E-state index in [2.05, 4.69) is 0 Å². The first kappa shape index (κ1) is 8.82. The van der Waals surface area contributed by atoms with Crippen molar-refractivity contribution in [3.63, 3.8) is 0 Å². The second kappa shape index (κ2) is 3.00. The number of nitrogens with zero attached hydrogens (tertiary/aromatic N) is 2. The highest BCUT2D eigenvalue weighted by molar-refractivity contribution is 6.25. The van der Waals surface area contributed by atoms with Gasteiger partial charge in [0.05, 0.1) is 0 Å². The Balaban J connectivity index is 3.41. The van der Waals surface area contributed by atoms with Crippen LogP contribution in [0, 0.1) is 22.7 Å². The maximum Gasteiger partial charge on any atom is 0.233 e. The summed E-state index contributed by atoms with van der Waals surface area (Å²) in [6.07, 6.45) is 0.404. The van der Waals surface area contributed by atoms with Gasteiger partial charge in [0.2, 0.25) is 11.6 Å². The number of nitriles is 2. The van der Waals surface area contributed by atoms with E-state index in [0.29, 0.717) is 6.08 Å². The van der Waals surface area contributed by atoms with Gasteiger partial charge >= 0.3 is 0 Å². The number of allylic oxidation sites excluding steroid dienone is 4. The molecule has 0 heterocycles. The van der Waals surface area contributed by atoms with E-state index in [1.807, 2.05) is 0 Å². The van der Waals surface area contributed by atoms with E-state index in [1.165, 1.54) is 12.1 Å². The standard InChI is InChI=1S/C8HFN2O2/c9-6-1-7(12)4(2-10)5(3-11)8(6)13/h1H. The number of carbonyl (C=O) groups is 2. The van der Waals surface area contributed by atoms with Crippen LogP contribution < -0.4 is 0 Å². The minimum atomic E-state index is -1.31. The molecule has 0 N–H and O–H groups in total. The van der Waals surface area contributed by atoms with Crippen LogP contribution in [0.1, 0.15) is 0 Å². The molecule has 0 atom stereocenters. The van der Waals surface area contributed by atoms with Crippen LogP contribution >= 0.6 is 0 Å². The highest BCUT2D eigenvalue weighted by Gasteiger charge is 2.28. The summed E-state index contributed by atoms with van der Waals surface area (Å²) in [6, 6.07) is 2.70. The normalized spacial score (nSPS) is 16.4. The van der Waals surface area contributed by atoms with Crippen LogP contribution in [0.3, 0.4) is 0 Å². The highest BCUT2D eigenvalue weighted by Crippen LogP contribution is 2.18.